The number of fused-ring (bicyclic) bond motifs is 1. The van der Waals surface area contributed by atoms with Crippen LogP contribution >= 0.6 is 11.5 Å². The highest BCUT2D eigenvalue weighted by Gasteiger charge is 2.07. The summed E-state index contributed by atoms with van der Waals surface area (Å²) < 4.78 is 4.32. The average Bonchev–Trinajstić information content (AvgIpc) is 3.04. The van der Waals surface area contributed by atoms with Gasteiger partial charge in [0.1, 0.15) is 11.6 Å². The van der Waals surface area contributed by atoms with Crippen LogP contribution in [0.1, 0.15) is 31.4 Å². The van der Waals surface area contributed by atoms with Gasteiger partial charge in [-0.1, -0.05) is 26.0 Å². The van der Waals surface area contributed by atoms with Crippen molar-refractivity contribution in [2.75, 3.05) is 11.9 Å². The van der Waals surface area contributed by atoms with Gasteiger partial charge in [-0.15, -0.1) is 0 Å². The van der Waals surface area contributed by atoms with Crippen LogP contribution < -0.4 is 5.32 Å². The molecule has 2 N–H and O–H groups in total. The minimum atomic E-state index is 0.372. The second-order valence-corrected chi connectivity index (χ2v) is 5.74. The number of anilines is 1. The van der Waals surface area contributed by atoms with Crippen LogP contribution in [0.4, 0.5) is 5.13 Å². The lowest BCUT2D eigenvalue weighted by Crippen LogP contribution is -2.05. The van der Waals surface area contributed by atoms with Crippen molar-refractivity contribution >= 4 is 27.7 Å². The molecule has 104 valence electrons. The molecular formula is C14H17N5S. The SMILES string of the molecule is CC(C)c1nsc(NCCc2nc3ccccc3[nH]2)n1. The molecule has 6 heteroatoms. The Balaban J connectivity index is 1.59. The highest BCUT2D eigenvalue weighted by Crippen LogP contribution is 2.17. The van der Waals surface area contributed by atoms with Gasteiger partial charge in [0.2, 0.25) is 5.13 Å². The highest BCUT2D eigenvalue weighted by molar-refractivity contribution is 7.09. The van der Waals surface area contributed by atoms with E-state index in [0.717, 1.165) is 40.8 Å². The molecule has 0 radical (unpaired) electrons. The Labute approximate surface area is 121 Å². The van der Waals surface area contributed by atoms with Crippen molar-refractivity contribution in [3.63, 3.8) is 0 Å². The van der Waals surface area contributed by atoms with Crippen molar-refractivity contribution in [1.29, 1.82) is 0 Å². The third-order valence-corrected chi connectivity index (χ3v) is 3.72. The van der Waals surface area contributed by atoms with Gasteiger partial charge < -0.3 is 10.3 Å². The van der Waals surface area contributed by atoms with Gasteiger partial charge in [-0.3, -0.25) is 0 Å². The molecule has 0 aliphatic rings. The third kappa shape index (κ3) is 2.80. The van der Waals surface area contributed by atoms with Crippen LogP contribution in [-0.2, 0) is 6.42 Å². The molecule has 0 saturated heterocycles. The monoisotopic (exact) mass is 287 g/mol. The number of hydrogen-bond acceptors (Lipinski definition) is 5. The van der Waals surface area contributed by atoms with E-state index in [-0.39, 0.29) is 0 Å². The van der Waals surface area contributed by atoms with E-state index in [1.165, 1.54) is 11.5 Å². The molecule has 0 aliphatic heterocycles. The van der Waals surface area contributed by atoms with Gasteiger partial charge in [0.05, 0.1) is 11.0 Å². The molecule has 20 heavy (non-hydrogen) atoms. The van der Waals surface area contributed by atoms with Gasteiger partial charge >= 0.3 is 0 Å². The fourth-order valence-electron chi connectivity index (χ4n) is 1.95. The highest BCUT2D eigenvalue weighted by atomic mass is 32.1. The summed E-state index contributed by atoms with van der Waals surface area (Å²) in [5.41, 5.74) is 2.10. The standard InChI is InChI=1S/C14H17N5S/c1-9(2)13-18-14(20-19-13)15-8-7-12-16-10-5-3-4-6-11(10)17-12/h3-6,9H,7-8H2,1-2H3,(H,16,17)(H,15,18,19). The second kappa shape index (κ2) is 5.58. The fourth-order valence-corrected chi connectivity index (χ4v) is 2.69. The smallest absolute Gasteiger partial charge is 0.202 e. The number of para-hydroxylation sites is 2. The lowest BCUT2D eigenvalue weighted by molar-refractivity contribution is 0.798. The first-order valence-electron chi connectivity index (χ1n) is 6.73. The molecule has 2 aromatic heterocycles. The zero-order valence-electron chi connectivity index (χ0n) is 11.6. The van der Waals surface area contributed by atoms with Gasteiger partial charge in [-0.05, 0) is 12.1 Å². The Morgan fingerprint density at radius 2 is 2.10 bits per heavy atom. The molecule has 0 atom stereocenters. The topological polar surface area (TPSA) is 66.5 Å². The summed E-state index contributed by atoms with van der Waals surface area (Å²) in [5.74, 6) is 2.27. The Hall–Kier alpha value is -1.95. The molecule has 0 saturated carbocycles. The van der Waals surface area contributed by atoms with E-state index in [1.807, 2.05) is 24.3 Å². The molecule has 0 spiro atoms. The largest absolute Gasteiger partial charge is 0.360 e. The van der Waals surface area contributed by atoms with Crippen molar-refractivity contribution in [2.45, 2.75) is 26.2 Å². The molecule has 0 aliphatic carbocycles. The lowest BCUT2D eigenvalue weighted by Gasteiger charge is -1.99. The molecule has 1 aromatic carbocycles. The third-order valence-electron chi connectivity index (χ3n) is 3.03. The molecule has 2 heterocycles. The van der Waals surface area contributed by atoms with E-state index in [4.69, 9.17) is 0 Å². The fraction of sp³-hybridized carbons (Fsp3) is 0.357. The summed E-state index contributed by atoms with van der Waals surface area (Å²) in [4.78, 5) is 12.3. The van der Waals surface area contributed by atoms with E-state index >= 15 is 0 Å². The van der Waals surface area contributed by atoms with Crippen LogP contribution in [0.15, 0.2) is 24.3 Å². The van der Waals surface area contributed by atoms with Crippen LogP contribution in [0.5, 0.6) is 0 Å². The molecule has 0 unspecified atom stereocenters. The van der Waals surface area contributed by atoms with Crippen molar-refractivity contribution in [3.05, 3.63) is 35.9 Å². The molecule has 0 fully saturated rings. The first-order chi connectivity index (χ1) is 9.72. The summed E-state index contributed by atoms with van der Waals surface area (Å²) in [6.07, 6.45) is 0.839. The Bertz CT molecular complexity index is 667. The summed E-state index contributed by atoms with van der Waals surface area (Å²) in [6.45, 7) is 4.99. The van der Waals surface area contributed by atoms with Crippen molar-refractivity contribution in [2.24, 2.45) is 0 Å². The zero-order chi connectivity index (χ0) is 13.9. The first-order valence-corrected chi connectivity index (χ1v) is 7.51. The lowest BCUT2D eigenvalue weighted by atomic mass is 10.2. The quantitative estimate of drug-likeness (QED) is 0.756. The summed E-state index contributed by atoms with van der Waals surface area (Å²) in [7, 11) is 0. The molecule has 0 amide bonds. The summed E-state index contributed by atoms with van der Waals surface area (Å²) in [5, 5.41) is 4.18. The summed E-state index contributed by atoms with van der Waals surface area (Å²) >= 11 is 1.42. The van der Waals surface area contributed by atoms with E-state index in [9.17, 15) is 0 Å². The van der Waals surface area contributed by atoms with Gasteiger partial charge in [-0.25, -0.2) is 9.97 Å². The maximum absolute atomic E-state index is 4.55. The van der Waals surface area contributed by atoms with Crippen LogP contribution in [0.25, 0.3) is 11.0 Å². The number of aromatic amines is 1. The van der Waals surface area contributed by atoms with E-state index < -0.39 is 0 Å². The number of rotatable bonds is 5. The predicted octanol–water partition coefficient (Wildman–Crippen LogP) is 3.19. The minimum absolute atomic E-state index is 0.372. The molecular weight excluding hydrogens is 270 g/mol. The predicted molar refractivity (Wildman–Crippen MR) is 82.3 cm³/mol. The van der Waals surface area contributed by atoms with Crippen LogP contribution in [0, 0.1) is 0 Å². The number of imidazole rings is 1. The van der Waals surface area contributed by atoms with E-state index in [1.54, 1.807) is 0 Å². The Kier molecular flexibility index (Phi) is 3.64. The van der Waals surface area contributed by atoms with Gasteiger partial charge in [-0.2, -0.15) is 4.37 Å². The number of H-pyrrole nitrogens is 1. The van der Waals surface area contributed by atoms with Crippen molar-refractivity contribution < 1.29 is 0 Å². The van der Waals surface area contributed by atoms with Gasteiger partial charge in [0, 0.05) is 30.4 Å². The normalized spacial score (nSPS) is 11.3. The molecule has 3 rings (SSSR count). The van der Waals surface area contributed by atoms with E-state index in [0.29, 0.717) is 5.92 Å². The van der Waals surface area contributed by atoms with Gasteiger partial charge in [0.15, 0.2) is 0 Å². The minimum Gasteiger partial charge on any atom is -0.360 e. The van der Waals surface area contributed by atoms with Crippen molar-refractivity contribution in [3.8, 4) is 0 Å². The first kappa shape index (κ1) is 13.1. The number of hydrogen-bond donors (Lipinski definition) is 2. The second-order valence-electron chi connectivity index (χ2n) is 4.99. The Morgan fingerprint density at radius 1 is 1.25 bits per heavy atom. The van der Waals surface area contributed by atoms with Crippen LogP contribution in [-0.4, -0.2) is 25.9 Å². The molecule has 0 bridgehead atoms. The van der Waals surface area contributed by atoms with Gasteiger partial charge in [0.25, 0.3) is 0 Å². The summed E-state index contributed by atoms with van der Waals surface area (Å²) in [6, 6.07) is 8.07. The Morgan fingerprint density at radius 3 is 2.85 bits per heavy atom. The van der Waals surface area contributed by atoms with Crippen LogP contribution in [0.2, 0.25) is 0 Å². The van der Waals surface area contributed by atoms with E-state index in [2.05, 4.69) is 38.5 Å². The van der Waals surface area contributed by atoms with Crippen molar-refractivity contribution in [1.82, 2.24) is 19.3 Å². The number of nitrogens with zero attached hydrogens (tertiary/aromatic N) is 3. The molecule has 3 aromatic rings. The number of benzene rings is 1. The van der Waals surface area contributed by atoms with Crippen LogP contribution in [0.3, 0.4) is 0 Å². The molecule has 5 nitrogen and oxygen atoms in total. The number of nitrogens with one attached hydrogen (secondary N) is 2. The maximum Gasteiger partial charge on any atom is 0.202 e. The number of aromatic nitrogens is 4. The maximum atomic E-state index is 4.55. The average molecular weight is 287 g/mol. The zero-order valence-corrected chi connectivity index (χ0v) is 12.4.